The second-order valence-electron chi connectivity index (χ2n) is 6.56. The summed E-state index contributed by atoms with van der Waals surface area (Å²) in [6.45, 7) is 7.52. The number of aromatic nitrogens is 2. The predicted molar refractivity (Wildman–Crippen MR) is 80.4 cm³/mol. The highest BCUT2D eigenvalue weighted by Gasteiger charge is 2.45. The van der Waals surface area contributed by atoms with E-state index in [1.54, 1.807) is 6.33 Å². The van der Waals surface area contributed by atoms with Gasteiger partial charge in [-0.25, -0.2) is 9.97 Å². The SMILES string of the molecule is CCOC1(C(NC)c2cncnc2)CCC(C)(C)CC1. The zero-order chi connectivity index (χ0) is 14.6. The molecule has 1 aromatic rings. The molecule has 2 rings (SSSR count). The van der Waals surface area contributed by atoms with Gasteiger partial charge in [0, 0.05) is 24.6 Å². The molecular formula is C16H27N3O. The van der Waals surface area contributed by atoms with E-state index >= 15 is 0 Å². The van der Waals surface area contributed by atoms with E-state index in [-0.39, 0.29) is 11.6 Å². The van der Waals surface area contributed by atoms with Crippen molar-refractivity contribution in [2.45, 2.75) is 58.1 Å². The van der Waals surface area contributed by atoms with Crippen LogP contribution in [-0.2, 0) is 4.74 Å². The number of nitrogens with zero attached hydrogens (tertiary/aromatic N) is 2. The van der Waals surface area contributed by atoms with E-state index in [1.807, 2.05) is 19.4 Å². The van der Waals surface area contributed by atoms with E-state index in [0.717, 1.165) is 25.0 Å². The Kier molecular flexibility index (Phi) is 4.76. The maximum Gasteiger partial charge on any atom is 0.115 e. The van der Waals surface area contributed by atoms with E-state index in [2.05, 4.69) is 36.1 Å². The second kappa shape index (κ2) is 6.19. The minimum Gasteiger partial charge on any atom is -0.373 e. The van der Waals surface area contributed by atoms with Crippen LogP contribution in [0, 0.1) is 5.41 Å². The molecule has 1 saturated carbocycles. The third-order valence-electron chi connectivity index (χ3n) is 4.61. The molecule has 20 heavy (non-hydrogen) atoms. The lowest BCUT2D eigenvalue weighted by atomic mass is 9.67. The van der Waals surface area contributed by atoms with Crippen LogP contribution >= 0.6 is 0 Å². The molecule has 0 amide bonds. The van der Waals surface area contributed by atoms with Crippen molar-refractivity contribution in [2.24, 2.45) is 5.41 Å². The average molecular weight is 277 g/mol. The van der Waals surface area contributed by atoms with Gasteiger partial charge in [0.15, 0.2) is 0 Å². The van der Waals surface area contributed by atoms with Crippen LogP contribution in [0.2, 0.25) is 0 Å². The van der Waals surface area contributed by atoms with E-state index in [1.165, 1.54) is 12.8 Å². The normalized spacial score (nSPS) is 22.4. The molecule has 1 N–H and O–H groups in total. The fourth-order valence-corrected chi connectivity index (χ4v) is 3.35. The first-order valence-corrected chi connectivity index (χ1v) is 7.59. The maximum atomic E-state index is 6.25. The van der Waals surface area contributed by atoms with Crippen LogP contribution in [0.15, 0.2) is 18.7 Å². The minimum atomic E-state index is -0.135. The van der Waals surface area contributed by atoms with Gasteiger partial charge in [0.2, 0.25) is 0 Å². The number of likely N-dealkylation sites (N-methyl/N-ethyl adjacent to an activating group) is 1. The largest absolute Gasteiger partial charge is 0.373 e. The summed E-state index contributed by atoms with van der Waals surface area (Å²) < 4.78 is 6.25. The van der Waals surface area contributed by atoms with Crippen LogP contribution in [0.5, 0.6) is 0 Å². The van der Waals surface area contributed by atoms with E-state index in [0.29, 0.717) is 5.41 Å². The standard InChI is InChI=1S/C16H27N3O/c1-5-20-16(8-6-15(2,3)7-9-16)14(17-4)13-10-18-12-19-11-13/h10-12,14,17H,5-9H2,1-4H3. The Morgan fingerprint density at radius 3 is 2.30 bits per heavy atom. The van der Waals surface area contributed by atoms with Gasteiger partial charge in [-0.15, -0.1) is 0 Å². The topological polar surface area (TPSA) is 47.0 Å². The lowest BCUT2D eigenvalue weighted by Gasteiger charge is -2.47. The Hall–Kier alpha value is -1.00. The van der Waals surface area contributed by atoms with Gasteiger partial charge in [0.1, 0.15) is 6.33 Å². The fraction of sp³-hybridized carbons (Fsp3) is 0.750. The summed E-state index contributed by atoms with van der Waals surface area (Å²) in [7, 11) is 2.00. The molecule has 1 aliphatic carbocycles. The van der Waals surface area contributed by atoms with Crippen molar-refractivity contribution in [1.82, 2.24) is 15.3 Å². The molecule has 0 aliphatic heterocycles. The molecule has 0 radical (unpaired) electrons. The van der Waals surface area contributed by atoms with E-state index in [9.17, 15) is 0 Å². The van der Waals surface area contributed by atoms with Gasteiger partial charge in [0.05, 0.1) is 11.6 Å². The van der Waals surface area contributed by atoms with Crippen LogP contribution in [0.1, 0.15) is 58.1 Å². The summed E-state index contributed by atoms with van der Waals surface area (Å²) in [4.78, 5) is 8.32. The molecule has 1 atom stereocenters. The highest BCUT2D eigenvalue weighted by atomic mass is 16.5. The van der Waals surface area contributed by atoms with Crippen molar-refractivity contribution in [3.8, 4) is 0 Å². The van der Waals surface area contributed by atoms with Gasteiger partial charge in [-0.2, -0.15) is 0 Å². The molecule has 0 aromatic carbocycles. The Balaban J connectivity index is 2.27. The van der Waals surface area contributed by atoms with Crippen molar-refractivity contribution in [2.75, 3.05) is 13.7 Å². The van der Waals surface area contributed by atoms with E-state index < -0.39 is 0 Å². The van der Waals surface area contributed by atoms with Crippen LogP contribution in [0.3, 0.4) is 0 Å². The van der Waals surface area contributed by atoms with Crippen LogP contribution in [0.4, 0.5) is 0 Å². The van der Waals surface area contributed by atoms with Crippen LogP contribution in [0.25, 0.3) is 0 Å². The molecule has 1 heterocycles. The summed E-state index contributed by atoms with van der Waals surface area (Å²) in [6.07, 6.45) is 9.91. The Morgan fingerprint density at radius 1 is 1.20 bits per heavy atom. The fourth-order valence-electron chi connectivity index (χ4n) is 3.35. The second-order valence-corrected chi connectivity index (χ2v) is 6.56. The van der Waals surface area contributed by atoms with Crippen molar-refractivity contribution >= 4 is 0 Å². The zero-order valence-corrected chi connectivity index (χ0v) is 13.1. The van der Waals surface area contributed by atoms with Crippen molar-refractivity contribution in [1.29, 1.82) is 0 Å². The molecule has 112 valence electrons. The highest BCUT2D eigenvalue weighted by Crippen LogP contribution is 2.47. The molecule has 1 aromatic heterocycles. The number of hydrogen-bond acceptors (Lipinski definition) is 4. The molecule has 0 spiro atoms. The third kappa shape index (κ3) is 3.18. The smallest absolute Gasteiger partial charge is 0.115 e. The first-order chi connectivity index (χ1) is 9.53. The number of nitrogens with one attached hydrogen (secondary N) is 1. The summed E-state index contributed by atoms with van der Waals surface area (Å²) in [5, 5.41) is 3.44. The molecule has 0 bridgehead atoms. The molecule has 1 unspecified atom stereocenters. The van der Waals surface area contributed by atoms with Crippen LogP contribution < -0.4 is 5.32 Å². The highest BCUT2D eigenvalue weighted by molar-refractivity contribution is 5.16. The first-order valence-electron chi connectivity index (χ1n) is 7.59. The maximum absolute atomic E-state index is 6.25. The molecule has 1 fully saturated rings. The summed E-state index contributed by atoms with van der Waals surface area (Å²) in [5.74, 6) is 0. The Bertz CT molecular complexity index is 409. The molecule has 4 heteroatoms. The van der Waals surface area contributed by atoms with Gasteiger partial charge in [-0.1, -0.05) is 13.8 Å². The monoisotopic (exact) mass is 277 g/mol. The van der Waals surface area contributed by atoms with Crippen molar-refractivity contribution < 1.29 is 4.74 Å². The lowest BCUT2D eigenvalue weighted by Crippen LogP contribution is -2.49. The summed E-state index contributed by atoms with van der Waals surface area (Å²) in [6, 6.07) is 0.153. The number of rotatable bonds is 5. The summed E-state index contributed by atoms with van der Waals surface area (Å²) in [5.41, 5.74) is 1.40. The average Bonchev–Trinajstić information content (AvgIpc) is 2.44. The minimum absolute atomic E-state index is 0.135. The predicted octanol–water partition coefficient (Wildman–Crippen LogP) is 3.11. The van der Waals surface area contributed by atoms with Gasteiger partial charge in [-0.3, -0.25) is 0 Å². The van der Waals surface area contributed by atoms with Gasteiger partial charge in [0.25, 0.3) is 0 Å². The van der Waals surface area contributed by atoms with Gasteiger partial charge in [-0.05, 0) is 45.1 Å². The summed E-state index contributed by atoms with van der Waals surface area (Å²) >= 11 is 0. The number of ether oxygens (including phenoxy) is 1. The zero-order valence-electron chi connectivity index (χ0n) is 13.1. The number of hydrogen-bond donors (Lipinski definition) is 1. The molecule has 4 nitrogen and oxygen atoms in total. The molecule has 1 aliphatic rings. The Labute approximate surface area is 122 Å². The van der Waals surface area contributed by atoms with E-state index in [4.69, 9.17) is 4.74 Å². The van der Waals surface area contributed by atoms with Crippen molar-refractivity contribution in [3.05, 3.63) is 24.3 Å². The van der Waals surface area contributed by atoms with Crippen LogP contribution in [-0.4, -0.2) is 29.2 Å². The quantitative estimate of drug-likeness (QED) is 0.898. The molecular weight excluding hydrogens is 250 g/mol. The first kappa shape index (κ1) is 15.4. The lowest BCUT2D eigenvalue weighted by molar-refractivity contribution is -0.106. The van der Waals surface area contributed by atoms with Crippen molar-refractivity contribution in [3.63, 3.8) is 0 Å². The molecule has 0 saturated heterocycles. The van der Waals surface area contributed by atoms with Gasteiger partial charge >= 0.3 is 0 Å². The Morgan fingerprint density at radius 2 is 1.80 bits per heavy atom. The van der Waals surface area contributed by atoms with Gasteiger partial charge < -0.3 is 10.1 Å². The third-order valence-corrected chi connectivity index (χ3v) is 4.61.